The third-order valence-corrected chi connectivity index (χ3v) is 3.31. The van der Waals surface area contributed by atoms with Crippen molar-refractivity contribution in [3.8, 4) is 0 Å². The second-order valence-electron chi connectivity index (χ2n) is 4.22. The van der Waals surface area contributed by atoms with Gasteiger partial charge in [-0.05, 0) is 25.7 Å². The highest BCUT2D eigenvalue weighted by molar-refractivity contribution is 5.22. The summed E-state index contributed by atoms with van der Waals surface area (Å²) in [6, 6.07) is 0. The van der Waals surface area contributed by atoms with Gasteiger partial charge in [0.2, 0.25) is 0 Å². The molecule has 1 N–H and O–H groups in total. The Kier molecular flexibility index (Phi) is 0.946. The van der Waals surface area contributed by atoms with E-state index in [4.69, 9.17) is 0 Å². The van der Waals surface area contributed by atoms with Gasteiger partial charge < -0.3 is 5.11 Å². The van der Waals surface area contributed by atoms with Crippen LogP contribution in [0.1, 0.15) is 26.7 Å². The fourth-order valence-corrected chi connectivity index (χ4v) is 2.31. The maximum atomic E-state index is 9.89. The van der Waals surface area contributed by atoms with Gasteiger partial charge in [-0.1, -0.05) is 19.1 Å². The maximum Gasteiger partial charge on any atom is 0.0713 e. The predicted molar refractivity (Wildman–Crippen MR) is 40.6 cm³/mol. The lowest BCUT2D eigenvalue weighted by Gasteiger charge is -2.34. The van der Waals surface area contributed by atoms with Crippen LogP contribution in [-0.4, -0.2) is 10.7 Å². The van der Waals surface area contributed by atoms with Crippen LogP contribution in [0.5, 0.6) is 0 Å². The molecule has 10 heavy (non-hydrogen) atoms. The summed E-state index contributed by atoms with van der Waals surface area (Å²) in [6.07, 6.45) is 6.54. The molecule has 0 aliphatic heterocycles. The van der Waals surface area contributed by atoms with Crippen molar-refractivity contribution in [1.29, 1.82) is 0 Å². The Labute approximate surface area is 61.8 Å². The largest absolute Gasteiger partial charge is 0.389 e. The molecule has 56 valence electrons. The molecule has 0 unspecified atom stereocenters. The lowest BCUT2D eigenvalue weighted by Crippen LogP contribution is -2.37. The number of aliphatic hydroxyl groups is 1. The summed E-state index contributed by atoms with van der Waals surface area (Å²) in [7, 11) is 0. The van der Waals surface area contributed by atoms with E-state index in [2.05, 4.69) is 19.1 Å². The summed E-state index contributed by atoms with van der Waals surface area (Å²) in [4.78, 5) is 0. The van der Waals surface area contributed by atoms with Crippen molar-refractivity contribution in [3.05, 3.63) is 12.2 Å². The molecule has 3 atom stereocenters. The lowest BCUT2D eigenvalue weighted by atomic mass is 9.77. The van der Waals surface area contributed by atoms with Crippen LogP contribution in [-0.2, 0) is 0 Å². The van der Waals surface area contributed by atoms with Crippen LogP contribution in [0.4, 0.5) is 0 Å². The molecule has 0 aromatic rings. The minimum Gasteiger partial charge on any atom is -0.389 e. The van der Waals surface area contributed by atoms with E-state index in [1.807, 2.05) is 6.92 Å². The molecule has 0 spiro atoms. The van der Waals surface area contributed by atoms with Gasteiger partial charge in [-0.25, -0.2) is 0 Å². The second-order valence-corrected chi connectivity index (χ2v) is 4.22. The molecule has 2 aliphatic carbocycles. The van der Waals surface area contributed by atoms with Crippen LogP contribution >= 0.6 is 0 Å². The monoisotopic (exact) mass is 138 g/mol. The summed E-state index contributed by atoms with van der Waals surface area (Å²) in [5, 5.41) is 9.89. The van der Waals surface area contributed by atoms with Crippen molar-refractivity contribution in [2.24, 2.45) is 11.3 Å². The fourth-order valence-electron chi connectivity index (χ4n) is 2.31. The molecular weight excluding hydrogens is 124 g/mol. The van der Waals surface area contributed by atoms with Crippen molar-refractivity contribution in [2.75, 3.05) is 0 Å². The molecule has 0 aromatic heterocycles. The second kappa shape index (κ2) is 1.48. The van der Waals surface area contributed by atoms with Crippen molar-refractivity contribution in [1.82, 2.24) is 0 Å². The quantitative estimate of drug-likeness (QED) is 0.505. The van der Waals surface area contributed by atoms with Crippen LogP contribution in [0.25, 0.3) is 0 Å². The molecule has 0 radical (unpaired) electrons. The van der Waals surface area contributed by atoms with Gasteiger partial charge in [0.15, 0.2) is 0 Å². The van der Waals surface area contributed by atoms with Crippen LogP contribution in [0, 0.1) is 11.3 Å². The van der Waals surface area contributed by atoms with Gasteiger partial charge >= 0.3 is 0 Å². The summed E-state index contributed by atoms with van der Waals surface area (Å²) in [6.45, 7) is 4.10. The van der Waals surface area contributed by atoms with Crippen LogP contribution < -0.4 is 0 Å². The van der Waals surface area contributed by atoms with Crippen LogP contribution in [0.3, 0.4) is 0 Å². The van der Waals surface area contributed by atoms with Crippen LogP contribution in [0.2, 0.25) is 0 Å². The van der Waals surface area contributed by atoms with Gasteiger partial charge in [-0.3, -0.25) is 0 Å². The molecule has 0 heterocycles. The highest BCUT2D eigenvalue weighted by atomic mass is 16.3. The van der Waals surface area contributed by atoms with Gasteiger partial charge in [0.1, 0.15) is 0 Å². The van der Waals surface area contributed by atoms with E-state index in [0.29, 0.717) is 5.92 Å². The topological polar surface area (TPSA) is 20.2 Å². The van der Waals surface area contributed by atoms with Gasteiger partial charge in [-0.15, -0.1) is 0 Å². The zero-order valence-electron chi connectivity index (χ0n) is 6.59. The van der Waals surface area contributed by atoms with E-state index in [-0.39, 0.29) is 5.41 Å². The Morgan fingerprint density at radius 1 is 1.40 bits per heavy atom. The molecule has 1 fully saturated rings. The van der Waals surface area contributed by atoms with E-state index in [0.717, 1.165) is 12.8 Å². The summed E-state index contributed by atoms with van der Waals surface area (Å²) in [5.74, 6) is 0.653. The minimum atomic E-state index is -0.438. The lowest BCUT2D eigenvalue weighted by molar-refractivity contribution is -0.0121. The molecule has 2 aliphatic rings. The number of fused-ring (bicyclic) bond motifs is 2. The van der Waals surface area contributed by atoms with Crippen molar-refractivity contribution in [3.63, 3.8) is 0 Å². The van der Waals surface area contributed by atoms with E-state index in [1.54, 1.807) is 0 Å². The Bertz CT molecular complexity index is 193. The Morgan fingerprint density at radius 3 is 2.30 bits per heavy atom. The molecule has 1 saturated carbocycles. The third kappa shape index (κ3) is 0.567. The zero-order valence-corrected chi connectivity index (χ0v) is 6.59. The van der Waals surface area contributed by atoms with Gasteiger partial charge in [0, 0.05) is 5.41 Å². The smallest absolute Gasteiger partial charge is 0.0713 e. The molecule has 1 heteroatoms. The first-order valence-corrected chi connectivity index (χ1v) is 3.95. The number of hydrogen-bond acceptors (Lipinski definition) is 1. The normalized spacial score (nSPS) is 58.1. The predicted octanol–water partition coefficient (Wildman–Crippen LogP) is 1.72. The minimum absolute atomic E-state index is 0.0810. The Hall–Kier alpha value is -0.300. The number of rotatable bonds is 0. The molecule has 0 saturated heterocycles. The molecule has 0 aromatic carbocycles. The standard InChI is InChI=1S/C9H14O/c1-8-4-3-7(5-8)6-9(8,2)10/h3-4,7,10H,5-6H2,1-2H3/t7-,8-,9+/m0/s1. The highest BCUT2D eigenvalue weighted by Crippen LogP contribution is 2.54. The van der Waals surface area contributed by atoms with E-state index >= 15 is 0 Å². The molecule has 0 amide bonds. The van der Waals surface area contributed by atoms with E-state index in [9.17, 15) is 5.11 Å². The van der Waals surface area contributed by atoms with Gasteiger partial charge in [0.25, 0.3) is 0 Å². The average molecular weight is 138 g/mol. The first-order valence-electron chi connectivity index (χ1n) is 3.95. The van der Waals surface area contributed by atoms with Crippen molar-refractivity contribution in [2.45, 2.75) is 32.3 Å². The first-order chi connectivity index (χ1) is 4.54. The van der Waals surface area contributed by atoms with Gasteiger partial charge in [-0.2, -0.15) is 0 Å². The maximum absolute atomic E-state index is 9.89. The summed E-state index contributed by atoms with van der Waals surface area (Å²) >= 11 is 0. The van der Waals surface area contributed by atoms with Gasteiger partial charge in [0.05, 0.1) is 5.60 Å². The van der Waals surface area contributed by atoms with E-state index < -0.39 is 5.60 Å². The summed E-state index contributed by atoms with van der Waals surface area (Å²) in [5.41, 5.74) is -0.357. The van der Waals surface area contributed by atoms with E-state index in [1.165, 1.54) is 0 Å². The van der Waals surface area contributed by atoms with Crippen LogP contribution in [0.15, 0.2) is 12.2 Å². The zero-order chi connectivity index (χ0) is 7.41. The SMILES string of the molecule is C[C@]12C=C[C@@H](C1)C[C@@]2(C)O. The summed E-state index contributed by atoms with van der Waals surface area (Å²) < 4.78 is 0. The molecule has 2 rings (SSSR count). The average Bonchev–Trinajstić information content (AvgIpc) is 2.18. The first kappa shape index (κ1) is 6.41. The van der Waals surface area contributed by atoms with Crippen molar-refractivity contribution < 1.29 is 5.11 Å². The van der Waals surface area contributed by atoms with Crippen molar-refractivity contribution >= 4 is 0 Å². The third-order valence-electron chi connectivity index (χ3n) is 3.31. The Balaban J connectivity index is 2.41. The Morgan fingerprint density at radius 2 is 2.10 bits per heavy atom. The number of allylic oxidation sites excluding steroid dienone is 1. The highest BCUT2D eigenvalue weighted by Gasteiger charge is 2.52. The molecule has 1 nitrogen and oxygen atoms in total. The molecule has 2 bridgehead atoms. The molecular formula is C9H14O. The number of hydrogen-bond donors (Lipinski definition) is 1. The fraction of sp³-hybridized carbons (Fsp3) is 0.778.